The summed E-state index contributed by atoms with van der Waals surface area (Å²) < 4.78 is 0. The quantitative estimate of drug-likeness (QED) is 0.889. The molecule has 0 spiro atoms. The Morgan fingerprint density at radius 2 is 1.74 bits per heavy atom. The molecule has 118 valence electrons. The average Bonchev–Trinajstić information content (AvgIpc) is 2.54. The van der Waals surface area contributed by atoms with Gasteiger partial charge in [0.1, 0.15) is 0 Å². The minimum Gasteiger partial charge on any atom is -0.481 e. The number of rotatable bonds is 2. The molecule has 0 aliphatic carbocycles. The second kappa shape index (κ2) is 6.12. The molecule has 0 saturated heterocycles. The van der Waals surface area contributed by atoms with Crippen molar-refractivity contribution in [3.8, 4) is 0 Å². The van der Waals surface area contributed by atoms with E-state index in [9.17, 15) is 14.7 Å². The highest BCUT2D eigenvalue weighted by Crippen LogP contribution is 2.38. The number of carbonyl (C=O) groups excluding carboxylic acids is 1. The van der Waals surface area contributed by atoms with E-state index in [-0.39, 0.29) is 12.1 Å². The third-order valence-corrected chi connectivity index (χ3v) is 4.13. The number of fused-ring (bicyclic) bond motifs is 1. The summed E-state index contributed by atoms with van der Waals surface area (Å²) in [5.41, 5.74) is 2.05. The Morgan fingerprint density at radius 3 is 2.43 bits per heavy atom. The lowest BCUT2D eigenvalue weighted by molar-refractivity contribution is -0.139. The Balaban J connectivity index is 1.94. The van der Waals surface area contributed by atoms with E-state index in [1.165, 1.54) is 0 Å². The van der Waals surface area contributed by atoms with Crippen molar-refractivity contribution >= 4 is 23.4 Å². The molecule has 0 saturated carbocycles. The van der Waals surface area contributed by atoms with Crippen LogP contribution in [-0.2, 0) is 4.79 Å². The zero-order chi connectivity index (χ0) is 16.4. The van der Waals surface area contributed by atoms with Crippen LogP contribution in [0.5, 0.6) is 0 Å². The third kappa shape index (κ3) is 2.90. The molecular weight excluding hydrogens is 292 g/mol. The van der Waals surface area contributed by atoms with Crippen LogP contribution in [-0.4, -0.2) is 23.1 Å². The number of carbonyl (C=O) groups is 2. The number of aliphatic carboxylic acids is 1. The molecule has 0 bridgehead atoms. The van der Waals surface area contributed by atoms with Gasteiger partial charge in [-0.25, -0.2) is 4.79 Å². The summed E-state index contributed by atoms with van der Waals surface area (Å²) in [6, 6.07) is 16.0. The first-order chi connectivity index (χ1) is 11.1. The third-order valence-electron chi connectivity index (χ3n) is 4.13. The molecule has 1 aliphatic heterocycles. The first-order valence-electron chi connectivity index (χ1n) is 7.55. The van der Waals surface area contributed by atoms with Crippen LogP contribution in [0.15, 0.2) is 54.6 Å². The number of carboxylic acid groups (broad SMARTS) is 1. The van der Waals surface area contributed by atoms with E-state index < -0.39 is 11.9 Å². The van der Waals surface area contributed by atoms with Crippen molar-refractivity contribution in [2.45, 2.75) is 25.3 Å². The Bertz CT molecular complexity index is 730. The molecule has 2 amide bonds. The number of nitrogens with zero attached hydrogens (tertiary/aromatic N) is 1. The van der Waals surface area contributed by atoms with Gasteiger partial charge in [-0.1, -0.05) is 36.4 Å². The molecule has 2 aromatic carbocycles. The number of hydrogen-bond acceptors (Lipinski definition) is 2. The normalized spacial score (nSPS) is 19.8. The van der Waals surface area contributed by atoms with E-state index in [0.717, 1.165) is 0 Å². The molecular formula is C18H18N2O3. The maximum atomic E-state index is 12.7. The van der Waals surface area contributed by atoms with Crippen molar-refractivity contribution in [1.29, 1.82) is 0 Å². The highest BCUT2D eigenvalue weighted by atomic mass is 16.4. The molecule has 2 unspecified atom stereocenters. The number of urea groups is 1. The molecule has 0 radical (unpaired) electrons. The molecule has 0 aromatic heterocycles. The van der Waals surface area contributed by atoms with Gasteiger partial charge < -0.3 is 10.4 Å². The molecule has 1 aliphatic rings. The van der Waals surface area contributed by atoms with Gasteiger partial charge >= 0.3 is 12.0 Å². The fourth-order valence-electron chi connectivity index (χ4n) is 3.06. The Morgan fingerprint density at radius 1 is 1.09 bits per heavy atom. The largest absolute Gasteiger partial charge is 0.481 e. The number of anilines is 2. The Hall–Kier alpha value is -2.82. The standard InChI is InChI=1S/C18H18N2O3/c1-12-11-15(17(21)22)14-9-5-6-10-16(14)20(12)18(23)19-13-7-3-2-4-8-13/h2-10,12,15H,11H2,1H3,(H,19,23)(H,21,22). The SMILES string of the molecule is CC1CC(C(=O)O)c2ccccc2N1C(=O)Nc1ccccc1. The van der Waals surface area contributed by atoms with Gasteiger partial charge in [0.15, 0.2) is 0 Å². The summed E-state index contributed by atoms with van der Waals surface area (Å²) in [7, 11) is 0. The van der Waals surface area contributed by atoms with Gasteiger partial charge in [-0.15, -0.1) is 0 Å². The minimum absolute atomic E-state index is 0.199. The predicted molar refractivity (Wildman–Crippen MR) is 88.8 cm³/mol. The molecule has 2 aromatic rings. The minimum atomic E-state index is -0.854. The lowest BCUT2D eigenvalue weighted by Gasteiger charge is -2.37. The summed E-state index contributed by atoms with van der Waals surface area (Å²) in [4.78, 5) is 25.8. The number of para-hydroxylation sites is 2. The molecule has 5 nitrogen and oxygen atoms in total. The maximum Gasteiger partial charge on any atom is 0.326 e. The van der Waals surface area contributed by atoms with Gasteiger partial charge in [0.25, 0.3) is 0 Å². The average molecular weight is 310 g/mol. The molecule has 1 heterocycles. The molecule has 2 atom stereocenters. The van der Waals surface area contributed by atoms with E-state index in [0.29, 0.717) is 23.4 Å². The summed E-state index contributed by atoms with van der Waals surface area (Å²) >= 11 is 0. The van der Waals surface area contributed by atoms with Crippen LogP contribution in [0.4, 0.5) is 16.2 Å². The summed E-state index contributed by atoms with van der Waals surface area (Å²) in [6.07, 6.45) is 0.397. The smallest absolute Gasteiger partial charge is 0.326 e. The lowest BCUT2D eigenvalue weighted by atomic mass is 9.86. The van der Waals surface area contributed by atoms with Crippen LogP contribution in [0.25, 0.3) is 0 Å². The van der Waals surface area contributed by atoms with Gasteiger partial charge in [0.05, 0.1) is 5.92 Å². The van der Waals surface area contributed by atoms with E-state index in [2.05, 4.69) is 5.32 Å². The Labute approximate surface area is 134 Å². The first kappa shape index (κ1) is 15.1. The molecule has 0 fully saturated rings. The maximum absolute atomic E-state index is 12.7. The zero-order valence-corrected chi connectivity index (χ0v) is 12.8. The molecule has 2 N–H and O–H groups in total. The van der Waals surface area contributed by atoms with Gasteiger partial charge in [0, 0.05) is 17.4 Å². The zero-order valence-electron chi connectivity index (χ0n) is 12.8. The Kier molecular flexibility index (Phi) is 4.02. The van der Waals surface area contributed by atoms with Gasteiger partial charge in [-0.3, -0.25) is 9.69 Å². The highest BCUT2D eigenvalue weighted by molar-refractivity contribution is 6.03. The number of benzene rings is 2. The van der Waals surface area contributed by atoms with Gasteiger partial charge in [-0.05, 0) is 37.1 Å². The number of nitrogens with one attached hydrogen (secondary N) is 1. The van der Waals surface area contributed by atoms with E-state index in [4.69, 9.17) is 0 Å². The predicted octanol–water partition coefficient (Wildman–Crippen LogP) is 3.69. The monoisotopic (exact) mass is 310 g/mol. The molecule has 23 heavy (non-hydrogen) atoms. The second-order valence-electron chi connectivity index (χ2n) is 5.70. The van der Waals surface area contributed by atoms with E-state index in [1.807, 2.05) is 43.3 Å². The van der Waals surface area contributed by atoms with Crippen molar-refractivity contribution in [2.24, 2.45) is 0 Å². The summed E-state index contributed by atoms with van der Waals surface area (Å²) in [6.45, 7) is 1.87. The van der Waals surface area contributed by atoms with Gasteiger partial charge in [-0.2, -0.15) is 0 Å². The number of carboxylic acids is 1. The van der Waals surface area contributed by atoms with Crippen molar-refractivity contribution in [2.75, 3.05) is 10.2 Å². The fraction of sp³-hybridized carbons (Fsp3) is 0.222. The van der Waals surface area contributed by atoms with Crippen molar-refractivity contribution in [1.82, 2.24) is 0 Å². The van der Waals surface area contributed by atoms with Crippen molar-refractivity contribution < 1.29 is 14.7 Å². The fourth-order valence-corrected chi connectivity index (χ4v) is 3.06. The van der Waals surface area contributed by atoms with Crippen LogP contribution in [0.3, 0.4) is 0 Å². The van der Waals surface area contributed by atoms with E-state index >= 15 is 0 Å². The summed E-state index contributed by atoms with van der Waals surface area (Å²) in [5, 5.41) is 12.3. The van der Waals surface area contributed by atoms with Crippen LogP contribution in [0.1, 0.15) is 24.8 Å². The summed E-state index contributed by atoms with van der Waals surface area (Å²) in [5.74, 6) is -1.44. The van der Waals surface area contributed by atoms with Crippen LogP contribution >= 0.6 is 0 Å². The van der Waals surface area contributed by atoms with Crippen LogP contribution in [0, 0.1) is 0 Å². The first-order valence-corrected chi connectivity index (χ1v) is 7.55. The topological polar surface area (TPSA) is 69.6 Å². The number of hydrogen-bond donors (Lipinski definition) is 2. The number of amides is 2. The highest BCUT2D eigenvalue weighted by Gasteiger charge is 2.36. The lowest BCUT2D eigenvalue weighted by Crippen LogP contribution is -2.46. The van der Waals surface area contributed by atoms with Crippen LogP contribution in [0.2, 0.25) is 0 Å². The van der Waals surface area contributed by atoms with Gasteiger partial charge in [0.2, 0.25) is 0 Å². The van der Waals surface area contributed by atoms with Crippen molar-refractivity contribution in [3.63, 3.8) is 0 Å². The van der Waals surface area contributed by atoms with E-state index in [1.54, 1.807) is 23.1 Å². The molecule has 5 heteroatoms. The molecule has 3 rings (SSSR count). The second-order valence-corrected chi connectivity index (χ2v) is 5.70. The van der Waals surface area contributed by atoms with Crippen LogP contribution < -0.4 is 10.2 Å². The van der Waals surface area contributed by atoms with Crippen molar-refractivity contribution in [3.05, 3.63) is 60.2 Å².